The maximum atomic E-state index is 12.5. The second-order valence-corrected chi connectivity index (χ2v) is 6.99. The van der Waals surface area contributed by atoms with Crippen LogP contribution >= 0.6 is 23.2 Å². The van der Waals surface area contributed by atoms with E-state index in [0.29, 0.717) is 15.7 Å². The van der Waals surface area contributed by atoms with Crippen molar-refractivity contribution in [3.05, 3.63) is 63.6 Å². The Kier molecular flexibility index (Phi) is 5.44. The lowest BCUT2D eigenvalue weighted by Gasteiger charge is -2.29. The predicted molar refractivity (Wildman–Crippen MR) is 99.8 cm³/mol. The number of hydrogen-bond donors (Lipinski definition) is 2. The second kappa shape index (κ2) is 7.56. The van der Waals surface area contributed by atoms with Crippen LogP contribution in [0.3, 0.4) is 0 Å². The van der Waals surface area contributed by atoms with Gasteiger partial charge in [-0.3, -0.25) is 10.1 Å². The molecular weight excluding hydrogens is 343 g/mol. The summed E-state index contributed by atoms with van der Waals surface area (Å²) in [6.07, 6.45) is 3.28. The minimum absolute atomic E-state index is 0.109. The number of anilines is 1. The molecule has 2 unspecified atom stereocenters. The van der Waals surface area contributed by atoms with Gasteiger partial charge in [0.2, 0.25) is 5.91 Å². The lowest BCUT2D eigenvalue weighted by Crippen LogP contribution is -2.41. The lowest BCUT2D eigenvalue weighted by molar-refractivity contribution is -0.118. The van der Waals surface area contributed by atoms with Crippen molar-refractivity contribution in [2.24, 2.45) is 0 Å². The zero-order chi connectivity index (χ0) is 17.1. The van der Waals surface area contributed by atoms with Crippen LogP contribution in [0.25, 0.3) is 0 Å². The average Bonchev–Trinajstić information content (AvgIpc) is 2.57. The summed E-state index contributed by atoms with van der Waals surface area (Å²) in [6.45, 7) is 1.87. The maximum Gasteiger partial charge on any atom is 0.241 e. The summed E-state index contributed by atoms with van der Waals surface area (Å²) >= 11 is 12.0. The van der Waals surface area contributed by atoms with E-state index in [0.717, 1.165) is 19.3 Å². The largest absolute Gasteiger partial charge is 0.323 e. The summed E-state index contributed by atoms with van der Waals surface area (Å²) in [7, 11) is 0. The highest BCUT2D eigenvalue weighted by Crippen LogP contribution is 2.30. The summed E-state index contributed by atoms with van der Waals surface area (Å²) in [6, 6.07) is 13.4. The van der Waals surface area contributed by atoms with E-state index in [1.54, 1.807) is 18.2 Å². The first-order chi connectivity index (χ1) is 11.5. The van der Waals surface area contributed by atoms with Crippen molar-refractivity contribution in [1.29, 1.82) is 0 Å². The van der Waals surface area contributed by atoms with E-state index in [9.17, 15) is 4.79 Å². The van der Waals surface area contributed by atoms with Gasteiger partial charge in [0.05, 0.1) is 16.8 Å². The van der Waals surface area contributed by atoms with Crippen LogP contribution in [-0.4, -0.2) is 11.9 Å². The number of carbonyl (C=O) groups is 1. The Balaban J connectivity index is 1.67. The van der Waals surface area contributed by atoms with Crippen LogP contribution in [0.2, 0.25) is 10.0 Å². The fourth-order valence-corrected chi connectivity index (χ4v) is 3.59. The summed E-state index contributed by atoms with van der Waals surface area (Å²) in [5, 5.41) is 7.28. The molecule has 0 saturated carbocycles. The van der Waals surface area contributed by atoms with Gasteiger partial charge in [0, 0.05) is 11.1 Å². The van der Waals surface area contributed by atoms with Crippen molar-refractivity contribution < 1.29 is 4.79 Å². The standard InChI is InChI=1S/C19H20Cl2N2O/c1-12(19(24)23-18-10-9-14(20)11-16(18)21)22-17-8-4-6-13-5-2-3-7-15(13)17/h2-3,5,7,9-12,17,22H,4,6,8H2,1H3,(H,23,24). The zero-order valence-corrected chi connectivity index (χ0v) is 15.0. The molecule has 1 aliphatic rings. The molecule has 2 aromatic carbocycles. The number of rotatable bonds is 4. The van der Waals surface area contributed by atoms with Crippen molar-refractivity contribution in [1.82, 2.24) is 5.32 Å². The van der Waals surface area contributed by atoms with Crippen LogP contribution in [0.15, 0.2) is 42.5 Å². The predicted octanol–water partition coefficient (Wildman–Crippen LogP) is 4.99. The molecule has 0 bridgehead atoms. The Bertz CT molecular complexity index is 748. The Morgan fingerprint density at radius 3 is 2.79 bits per heavy atom. The fourth-order valence-electron chi connectivity index (χ4n) is 3.14. The molecule has 0 aliphatic heterocycles. The number of halogens is 2. The van der Waals surface area contributed by atoms with Gasteiger partial charge in [-0.1, -0.05) is 47.5 Å². The molecule has 0 saturated heterocycles. The molecule has 1 amide bonds. The van der Waals surface area contributed by atoms with Crippen LogP contribution < -0.4 is 10.6 Å². The molecular formula is C19H20Cl2N2O. The van der Waals surface area contributed by atoms with Crippen LogP contribution in [0.1, 0.15) is 36.9 Å². The highest BCUT2D eigenvalue weighted by molar-refractivity contribution is 6.36. The zero-order valence-electron chi connectivity index (χ0n) is 13.5. The Labute approximate surface area is 152 Å². The van der Waals surface area contributed by atoms with Crippen molar-refractivity contribution in [2.75, 3.05) is 5.32 Å². The third-order valence-corrected chi connectivity index (χ3v) is 4.95. The van der Waals surface area contributed by atoms with Gasteiger partial charge in [-0.2, -0.15) is 0 Å². The number of hydrogen-bond acceptors (Lipinski definition) is 2. The van der Waals surface area contributed by atoms with Crippen LogP contribution in [0.5, 0.6) is 0 Å². The molecule has 0 radical (unpaired) electrons. The fraction of sp³-hybridized carbons (Fsp3) is 0.316. The monoisotopic (exact) mass is 362 g/mol. The molecule has 2 atom stereocenters. The van der Waals surface area contributed by atoms with E-state index in [1.807, 2.05) is 6.92 Å². The van der Waals surface area contributed by atoms with Gasteiger partial charge in [-0.15, -0.1) is 0 Å². The lowest BCUT2D eigenvalue weighted by atomic mass is 9.87. The van der Waals surface area contributed by atoms with Gasteiger partial charge in [-0.05, 0) is 55.5 Å². The number of benzene rings is 2. The first kappa shape index (κ1) is 17.3. The van der Waals surface area contributed by atoms with Crippen LogP contribution in [0, 0.1) is 0 Å². The summed E-state index contributed by atoms with van der Waals surface area (Å²) in [5.74, 6) is -0.109. The molecule has 3 nitrogen and oxygen atoms in total. The molecule has 3 rings (SSSR count). The summed E-state index contributed by atoms with van der Waals surface area (Å²) in [4.78, 5) is 12.5. The van der Waals surface area contributed by atoms with Gasteiger partial charge in [-0.25, -0.2) is 0 Å². The number of aryl methyl sites for hydroxylation is 1. The maximum absolute atomic E-state index is 12.5. The smallest absolute Gasteiger partial charge is 0.241 e. The number of nitrogens with one attached hydrogen (secondary N) is 2. The highest BCUT2D eigenvalue weighted by Gasteiger charge is 2.24. The third-order valence-electron chi connectivity index (χ3n) is 4.40. The quantitative estimate of drug-likeness (QED) is 0.804. The molecule has 0 heterocycles. The van der Waals surface area contributed by atoms with Crippen molar-refractivity contribution in [2.45, 2.75) is 38.3 Å². The molecule has 24 heavy (non-hydrogen) atoms. The molecule has 0 aromatic heterocycles. The van der Waals surface area contributed by atoms with E-state index in [1.165, 1.54) is 11.1 Å². The Hall–Kier alpha value is -1.55. The molecule has 0 spiro atoms. The summed E-state index contributed by atoms with van der Waals surface area (Å²) in [5.41, 5.74) is 3.24. The van der Waals surface area contributed by atoms with E-state index in [-0.39, 0.29) is 18.0 Å². The molecule has 126 valence electrons. The Morgan fingerprint density at radius 2 is 2.00 bits per heavy atom. The van der Waals surface area contributed by atoms with Gasteiger partial charge >= 0.3 is 0 Å². The molecule has 0 fully saturated rings. The molecule has 2 N–H and O–H groups in total. The third kappa shape index (κ3) is 3.92. The minimum atomic E-state index is -0.326. The first-order valence-electron chi connectivity index (χ1n) is 8.14. The van der Waals surface area contributed by atoms with E-state index < -0.39 is 0 Å². The van der Waals surface area contributed by atoms with Crippen molar-refractivity contribution in [3.8, 4) is 0 Å². The van der Waals surface area contributed by atoms with Gasteiger partial charge < -0.3 is 5.32 Å². The molecule has 2 aromatic rings. The van der Waals surface area contributed by atoms with Gasteiger partial charge in [0.15, 0.2) is 0 Å². The van der Waals surface area contributed by atoms with Gasteiger partial charge in [0.25, 0.3) is 0 Å². The second-order valence-electron chi connectivity index (χ2n) is 6.15. The SMILES string of the molecule is CC(NC1CCCc2ccccc21)C(=O)Nc1ccc(Cl)cc1Cl. The minimum Gasteiger partial charge on any atom is -0.323 e. The van der Waals surface area contributed by atoms with Crippen molar-refractivity contribution >= 4 is 34.8 Å². The van der Waals surface area contributed by atoms with E-state index in [2.05, 4.69) is 34.9 Å². The van der Waals surface area contributed by atoms with Crippen LogP contribution in [-0.2, 0) is 11.2 Å². The molecule has 5 heteroatoms. The average molecular weight is 363 g/mol. The highest BCUT2D eigenvalue weighted by atomic mass is 35.5. The first-order valence-corrected chi connectivity index (χ1v) is 8.90. The number of fused-ring (bicyclic) bond motifs is 1. The number of amides is 1. The normalized spacial score (nSPS) is 17.9. The Morgan fingerprint density at radius 1 is 1.21 bits per heavy atom. The summed E-state index contributed by atoms with van der Waals surface area (Å²) < 4.78 is 0. The van der Waals surface area contributed by atoms with Crippen molar-refractivity contribution in [3.63, 3.8) is 0 Å². The van der Waals surface area contributed by atoms with E-state index >= 15 is 0 Å². The topological polar surface area (TPSA) is 41.1 Å². The van der Waals surface area contributed by atoms with E-state index in [4.69, 9.17) is 23.2 Å². The van der Waals surface area contributed by atoms with Gasteiger partial charge in [0.1, 0.15) is 0 Å². The number of carbonyl (C=O) groups excluding carboxylic acids is 1. The molecule has 1 aliphatic carbocycles. The van der Waals surface area contributed by atoms with Crippen LogP contribution in [0.4, 0.5) is 5.69 Å².